The zero-order valence-corrected chi connectivity index (χ0v) is 13.3. The Morgan fingerprint density at radius 2 is 2.14 bits per heavy atom. The van der Waals surface area contributed by atoms with Gasteiger partial charge in [-0.1, -0.05) is 28.1 Å². The summed E-state index contributed by atoms with van der Waals surface area (Å²) < 4.78 is 1.03. The Morgan fingerprint density at radius 3 is 2.82 bits per heavy atom. The molecule has 112 valence electrons. The van der Waals surface area contributed by atoms with E-state index in [2.05, 4.69) is 32.3 Å². The summed E-state index contributed by atoms with van der Waals surface area (Å²) in [6, 6.07) is 10.1. The summed E-state index contributed by atoms with van der Waals surface area (Å²) in [6.07, 6.45) is 1.56. The fraction of sp³-hybridized carbons (Fsp3) is 0.250. The number of benzene rings is 2. The summed E-state index contributed by atoms with van der Waals surface area (Å²) in [5.74, 6) is 0.714. The monoisotopic (exact) mass is 359 g/mol. The maximum absolute atomic E-state index is 11.1. The quantitative estimate of drug-likeness (QED) is 0.643. The van der Waals surface area contributed by atoms with Gasteiger partial charge in [-0.15, -0.1) is 0 Å². The molecule has 4 rings (SSSR count). The number of hydrogen-bond donors (Lipinski definition) is 3. The Balaban J connectivity index is 1.90. The van der Waals surface area contributed by atoms with Crippen LogP contribution in [-0.2, 0) is 5.54 Å². The van der Waals surface area contributed by atoms with Crippen molar-refractivity contribution >= 4 is 43.8 Å². The van der Waals surface area contributed by atoms with E-state index in [0.29, 0.717) is 5.82 Å². The maximum atomic E-state index is 11.1. The van der Waals surface area contributed by atoms with E-state index in [0.717, 1.165) is 45.5 Å². The molecular weight excluding hydrogens is 346 g/mol. The SMILES string of the molecule is O=C(O)NC1(c2nc3c(ccc4cc(Br)ccc43)[nH]2)CCC1. The molecule has 1 saturated carbocycles. The molecule has 1 aromatic heterocycles. The number of aromatic amines is 1. The van der Waals surface area contributed by atoms with Crippen LogP contribution in [-0.4, -0.2) is 21.2 Å². The van der Waals surface area contributed by atoms with Crippen molar-refractivity contribution < 1.29 is 9.90 Å². The lowest BCUT2D eigenvalue weighted by atomic mass is 9.76. The predicted molar refractivity (Wildman–Crippen MR) is 88.0 cm³/mol. The van der Waals surface area contributed by atoms with Gasteiger partial charge in [0.1, 0.15) is 11.4 Å². The first kappa shape index (κ1) is 13.6. The van der Waals surface area contributed by atoms with Crippen molar-refractivity contribution in [3.63, 3.8) is 0 Å². The summed E-state index contributed by atoms with van der Waals surface area (Å²) in [5, 5.41) is 13.9. The van der Waals surface area contributed by atoms with Gasteiger partial charge in [0.15, 0.2) is 0 Å². The van der Waals surface area contributed by atoms with Crippen molar-refractivity contribution in [3.05, 3.63) is 40.6 Å². The van der Waals surface area contributed by atoms with E-state index in [1.807, 2.05) is 24.3 Å². The van der Waals surface area contributed by atoms with Gasteiger partial charge in [-0.2, -0.15) is 0 Å². The second kappa shape index (κ2) is 4.71. The number of nitrogens with zero attached hydrogens (tertiary/aromatic N) is 1. The Bertz CT molecular complexity index is 899. The maximum Gasteiger partial charge on any atom is 0.405 e. The molecule has 0 aliphatic heterocycles. The predicted octanol–water partition coefficient (Wildman–Crippen LogP) is 4.13. The van der Waals surface area contributed by atoms with Crippen LogP contribution in [0.2, 0.25) is 0 Å². The Hall–Kier alpha value is -2.08. The first-order valence-corrected chi connectivity index (χ1v) is 7.96. The highest BCUT2D eigenvalue weighted by atomic mass is 79.9. The third kappa shape index (κ3) is 1.98. The largest absolute Gasteiger partial charge is 0.465 e. The van der Waals surface area contributed by atoms with Crippen LogP contribution in [0.25, 0.3) is 21.8 Å². The molecule has 0 atom stereocenters. The molecule has 1 amide bonds. The zero-order valence-electron chi connectivity index (χ0n) is 11.7. The molecule has 3 aromatic rings. The summed E-state index contributed by atoms with van der Waals surface area (Å²) in [6.45, 7) is 0. The first-order valence-electron chi connectivity index (χ1n) is 7.17. The van der Waals surface area contributed by atoms with Gasteiger partial charge < -0.3 is 15.4 Å². The minimum absolute atomic E-state index is 0.563. The molecule has 0 spiro atoms. The number of hydrogen-bond acceptors (Lipinski definition) is 2. The molecular formula is C16H14BrN3O2. The minimum atomic E-state index is -1.01. The number of carboxylic acid groups (broad SMARTS) is 1. The summed E-state index contributed by atoms with van der Waals surface area (Å²) in [4.78, 5) is 19.1. The van der Waals surface area contributed by atoms with Crippen LogP contribution in [0.15, 0.2) is 34.8 Å². The molecule has 3 N–H and O–H groups in total. The number of nitrogens with one attached hydrogen (secondary N) is 2. The molecule has 0 radical (unpaired) electrons. The Kier molecular flexibility index (Phi) is 2.91. The normalized spacial score (nSPS) is 16.6. The molecule has 6 heteroatoms. The highest BCUT2D eigenvalue weighted by molar-refractivity contribution is 9.10. The average Bonchev–Trinajstić information content (AvgIpc) is 2.86. The molecule has 0 unspecified atom stereocenters. The van der Waals surface area contributed by atoms with Crippen LogP contribution in [0.3, 0.4) is 0 Å². The second-order valence-electron chi connectivity index (χ2n) is 5.78. The molecule has 5 nitrogen and oxygen atoms in total. The molecule has 1 heterocycles. The van der Waals surface area contributed by atoms with E-state index < -0.39 is 11.6 Å². The summed E-state index contributed by atoms with van der Waals surface area (Å²) in [5.41, 5.74) is 1.26. The Morgan fingerprint density at radius 1 is 1.32 bits per heavy atom. The molecule has 1 fully saturated rings. The smallest absolute Gasteiger partial charge is 0.405 e. The number of fused-ring (bicyclic) bond motifs is 3. The van der Waals surface area contributed by atoms with Crippen LogP contribution in [0.1, 0.15) is 25.1 Å². The number of H-pyrrole nitrogens is 1. The van der Waals surface area contributed by atoms with Crippen molar-refractivity contribution in [2.75, 3.05) is 0 Å². The van der Waals surface area contributed by atoms with Crippen LogP contribution in [0.5, 0.6) is 0 Å². The second-order valence-corrected chi connectivity index (χ2v) is 6.69. The molecule has 0 saturated heterocycles. The fourth-order valence-corrected chi connectivity index (χ4v) is 3.53. The minimum Gasteiger partial charge on any atom is -0.465 e. The number of rotatable bonds is 2. The van der Waals surface area contributed by atoms with Gasteiger partial charge in [0, 0.05) is 9.86 Å². The van der Waals surface area contributed by atoms with Crippen molar-refractivity contribution in [2.45, 2.75) is 24.8 Å². The highest BCUT2D eigenvalue weighted by Gasteiger charge is 2.43. The number of imidazole rings is 1. The topological polar surface area (TPSA) is 78.0 Å². The molecule has 22 heavy (non-hydrogen) atoms. The number of aromatic nitrogens is 2. The first-order chi connectivity index (χ1) is 10.6. The standard InChI is InChI=1S/C16H14BrN3O2/c17-10-3-4-11-9(8-10)2-5-12-13(11)19-14(18-12)16(6-1-7-16)20-15(21)22/h2-5,8,20H,1,6-7H2,(H,18,19)(H,21,22). The van der Waals surface area contributed by atoms with Gasteiger partial charge in [0.2, 0.25) is 0 Å². The third-order valence-corrected chi connectivity index (χ3v) is 4.93. The molecule has 2 aromatic carbocycles. The lowest BCUT2D eigenvalue weighted by Crippen LogP contribution is -2.51. The van der Waals surface area contributed by atoms with Crippen molar-refractivity contribution in [1.82, 2.24) is 15.3 Å². The molecule has 1 aliphatic carbocycles. The van der Waals surface area contributed by atoms with E-state index in [9.17, 15) is 4.79 Å². The van der Waals surface area contributed by atoms with E-state index in [1.165, 1.54) is 0 Å². The van der Waals surface area contributed by atoms with Crippen LogP contribution in [0, 0.1) is 0 Å². The van der Waals surface area contributed by atoms with Gasteiger partial charge in [-0.05, 0) is 42.8 Å². The van der Waals surface area contributed by atoms with Crippen molar-refractivity contribution in [1.29, 1.82) is 0 Å². The Labute approximate surface area is 134 Å². The number of carbonyl (C=O) groups is 1. The van der Waals surface area contributed by atoms with E-state index in [-0.39, 0.29) is 0 Å². The third-order valence-electron chi connectivity index (χ3n) is 4.44. The van der Waals surface area contributed by atoms with Gasteiger partial charge >= 0.3 is 6.09 Å². The van der Waals surface area contributed by atoms with Crippen LogP contribution >= 0.6 is 15.9 Å². The lowest BCUT2D eigenvalue weighted by molar-refractivity contribution is 0.139. The zero-order chi connectivity index (χ0) is 15.3. The lowest BCUT2D eigenvalue weighted by Gasteiger charge is -2.39. The van der Waals surface area contributed by atoms with Crippen LogP contribution < -0.4 is 5.32 Å². The van der Waals surface area contributed by atoms with Crippen molar-refractivity contribution in [2.24, 2.45) is 0 Å². The van der Waals surface area contributed by atoms with E-state index in [1.54, 1.807) is 0 Å². The van der Waals surface area contributed by atoms with Gasteiger partial charge in [-0.3, -0.25) is 0 Å². The van der Waals surface area contributed by atoms with Crippen LogP contribution in [0.4, 0.5) is 4.79 Å². The van der Waals surface area contributed by atoms with Gasteiger partial charge in [0.25, 0.3) is 0 Å². The van der Waals surface area contributed by atoms with E-state index >= 15 is 0 Å². The highest BCUT2D eigenvalue weighted by Crippen LogP contribution is 2.41. The number of amides is 1. The summed E-state index contributed by atoms with van der Waals surface area (Å²) in [7, 11) is 0. The summed E-state index contributed by atoms with van der Waals surface area (Å²) >= 11 is 3.48. The molecule has 0 bridgehead atoms. The van der Waals surface area contributed by atoms with E-state index in [4.69, 9.17) is 10.1 Å². The van der Waals surface area contributed by atoms with Gasteiger partial charge in [0.05, 0.1) is 11.0 Å². The van der Waals surface area contributed by atoms with Crippen molar-refractivity contribution in [3.8, 4) is 0 Å². The number of halogens is 1. The fourth-order valence-electron chi connectivity index (χ4n) is 3.16. The molecule has 1 aliphatic rings. The van der Waals surface area contributed by atoms with Gasteiger partial charge in [-0.25, -0.2) is 9.78 Å². The average molecular weight is 360 g/mol.